The zero-order valence-corrected chi connectivity index (χ0v) is 13.5. The number of carbonyl (C=O) groups excluding carboxylic acids is 1. The van der Waals surface area contributed by atoms with Gasteiger partial charge in [0.25, 0.3) is 11.6 Å². The van der Waals surface area contributed by atoms with Gasteiger partial charge < -0.3 is 0 Å². The Bertz CT molecular complexity index is 999. The highest BCUT2D eigenvalue weighted by molar-refractivity contribution is 7.22. The Hall–Kier alpha value is -3.57. The Morgan fingerprint density at radius 2 is 1.96 bits per heavy atom. The molecule has 25 heavy (non-hydrogen) atoms. The first-order valence-corrected chi connectivity index (χ1v) is 7.91. The Morgan fingerprint density at radius 1 is 1.24 bits per heavy atom. The van der Waals surface area contributed by atoms with Crippen molar-refractivity contribution in [3.8, 4) is 6.07 Å². The van der Waals surface area contributed by atoms with E-state index in [1.54, 1.807) is 0 Å². The molecule has 0 saturated carbocycles. The number of nitrogens with one attached hydrogen (secondary N) is 1. The molecule has 3 aromatic rings. The Kier molecular flexibility index (Phi) is 4.50. The molecule has 0 aliphatic rings. The molecule has 1 aromatic heterocycles. The standard InChI is InChI=1S/C17H10N4O3S/c18-10-12(9-11-5-7-13(8-6-11)21(23)24)16(22)20-17-19-14-3-1-2-4-15(14)25-17/h1-9H,(H,19,20,22)/b12-9+. The van der Waals surface area contributed by atoms with Crippen molar-refractivity contribution in [2.24, 2.45) is 0 Å². The number of hydrogen-bond donors (Lipinski definition) is 1. The molecule has 1 heterocycles. The molecule has 0 saturated heterocycles. The van der Waals surface area contributed by atoms with E-state index in [2.05, 4.69) is 10.3 Å². The predicted molar refractivity (Wildman–Crippen MR) is 94.9 cm³/mol. The van der Waals surface area contributed by atoms with Crippen LogP contribution in [0.2, 0.25) is 0 Å². The number of anilines is 1. The van der Waals surface area contributed by atoms with Crippen LogP contribution >= 0.6 is 11.3 Å². The maximum Gasteiger partial charge on any atom is 0.269 e. The number of benzene rings is 2. The molecule has 0 radical (unpaired) electrons. The molecule has 7 nitrogen and oxygen atoms in total. The van der Waals surface area contributed by atoms with Gasteiger partial charge in [0.15, 0.2) is 5.13 Å². The monoisotopic (exact) mass is 350 g/mol. The zero-order chi connectivity index (χ0) is 17.8. The summed E-state index contributed by atoms with van der Waals surface area (Å²) in [6.45, 7) is 0. The van der Waals surface area contributed by atoms with E-state index in [0.29, 0.717) is 10.7 Å². The lowest BCUT2D eigenvalue weighted by atomic mass is 10.1. The van der Waals surface area contributed by atoms with Gasteiger partial charge in [0.2, 0.25) is 0 Å². The van der Waals surface area contributed by atoms with E-state index in [4.69, 9.17) is 0 Å². The quantitative estimate of drug-likeness (QED) is 0.333. The zero-order valence-electron chi connectivity index (χ0n) is 12.7. The molecule has 0 unspecified atom stereocenters. The van der Waals surface area contributed by atoms with E-state index in [-0.39, 0.29) is 11.3 Å². The van der Waals surface area contributed by atoms with Gasteiger partial charge in [-0.25, -0.2) is 4.98 Å². The number of thiazole rings is 1. The summed E-state index contributed by atoms with van der Waals surface area (Å²) in [5, 5.41) is 22.9. The first-order valence-electron chi connectivity index (χ1n) is 7.10. The summed E-state index contributed by atoms with van der Waals surface area (Å²) in [6.07, 6.45) is 1.37. The maximum absolute atomic E-state index is 12.3. The number of nitriles is 1. The van der Waals surface area contributed by atoms with Crippen molar-refractivity contribution in [3.63, 3.8) is 0 Å². The van der Waals surface area contributed by atoms with Crippen molar-refractivity contribution in [1.29, 1.82) is 5.26 Å². The largest absolute Gasteiger partial charge is 0.297 e. The lowest BCUT2D eigenvalue weighted by molar-refractivity contribution is -0.384. The summed E-state index contributed by atoms with van der Waals surface area (Å²) >= 11 is 1.31. The number of fused-ring (bicyclic) bond motifs is 1. The smallest absolute Gasteiger partial charge is 0.269 e. The Balaban J connectivity index is 1.80. The molecule has 1 amide bonds. The van der Waals surface area contributed by atoms with Crippen molar-refractivity contribution < 1.29 is 9.72 Å². The molecule has 2 aromatic carbocycles. The fourth-order valence-electron chi connectivity index (χ4n) is 2.10. The number of nitrogens with zero attached hydrogens (tertiary/aromatic N) is 3. The van der Waals surface area contributed by atoms with Crippen LogP contribution in [-0.4, -0.2) is 15.8 Å². The van der Waals surface area contributed by atoms with Crippen LogP contribution in [0.25, 0.3) is 16.3 Å². The molecule has 122 valence electrons. The van der Waals surface area contributed by atoms with Crippen LogP contribution in [0.3, 0.4) is 0 Å². The third kappa shape index (κ3) is 3.68. The van der Waals surface area contributed by atoms with Crippen LogP contribution in [-0.2, 0) is 4.79 Å². The summed E-state index contributed by atoms with van der Waals surface area (Å²) in [4.78, 5) is 26.7. The summed E-state index contributed by atoms with van der Waals surface area (Å²) in [7, 11) is 0. The molecule has 0 aliphatic heterocycles. The van der Waals surface area contributed by atoms with E-state index in [1.807, 2.05) is 30.3 Å². The third-order valence-corrected chi connectivity index (χ3v) is 4.25. The highest BCUT2D eigenvalue weighted by atomic mass is 32.1. The van der Waals surface area contributed by atoms with Crippen molar-refractivity contribution in [2.45, 2.75) is 0 Å². The Morgan fingerprint density at radius 3 is 2.60 bits per heavy atom. The van der Waals surface area contributed by atoms with Gasteiger partial charge in [0, 0.05) is 12.1 Å². The van der Waals surface area contributed by atoms with E-state index < -0.39 is 10.8 Å². The predicted octanol–water partition coefficient (Wildman–Crippen LogP) is 3.75. The number of hydrogen-bond acceptors (Lipinski definition) is 6. The topological polar surface area (TPSA) is 109 Å². The normalized spacial score (nSPS) is 11.1. The third-order valence-electron chi connectivity index (χ3n) is 3.29. The number of carbonyl (C=O) groups is 1. The van der Waals surface area contributed by atoms with Gasteiger partial charge in [-0.15, -0.1) is 0 Å². The van der Waals surface area contributed by atoms with Crippen LogP contribution in [0.15, 0.2) is 54.1 Å². The summed E-state index contributed by atoms with van der Waals surface area (Å²) < 4.78 is 0.927. The summed E-state index contributed by atoms with van der Waals surface area (Å²) in [5.41, 5.74) is 1.10. The first-order chi connectivity index (χ1) is 12.1. The van der Waals surface area contributed by atoms with Gasteiger partial charge in [-0.05, 0) is 35.9 Å². The van der Waals surface area contributed by atoms with Gasteiger partial charge in [-0.3, -0.25) is 20.2 Å². The lowest BCUT2D eigenvalue weighted by Crippen LogP contribution is -2.13. The van der Waals surface area contributed by atoms with E-state index >= 15 is 0 Å². The van der Waals surface area contributed by atoms with Gasteiger partial charge in [0.05, 0.1) is 15.1 Å². The lowest BCUT2D eigenvalue weighted by Gasteiger charge is -2.00. The molecule has 3 rings (SSSR count). The van der Waals surface area contributed by atoms with Crippen LogP contribution in [0.4, 0.5) is 10.8 Å². The second-order valence-corrected chi connectivity index (χ2v) is 5.99. The highest BCUT2D eigenvalue weighted by Gasteiger charge is 2.13. The fraction of sp³-hybridized carbons (Fsp3) is 0. The van der Waals surface area contributed by atoms with Crippen molar-refractivity contribution >= 4 is 44.4 Å². The molecule has 0 atom stereocenters. The molecule has 0 aliphatic carbocycles. The summed E-state index contributed by atoms with van der Waals surface area (Å²) in [6, 6.07) is 14.9. The minimum Gasteiger partial charge on any atom is -0.297 e. The second-order valence-electron chi connectivity index (χ2n) is 4.96. The van der Waals surface area contributed by atoms with Gasteiger partial charge in [0.1, 0.15) is 11.6 Å². The Labute approximate surface area is 146 Å². The van der Waals surface area contributed by atoms with E-state index in [9.17, 15) is 20.2 Å². The second kappa shape index (κ2) is 6.90. The van der Waals surface area contributed by atoms with Crippen molar-refractivity contribution in [2.75, 3.05) is 5.32 Å². The first kappa shape index (κ1) is 16.3. The maximum atomic E-state index is 12.3. The highest BCUT2D eigenvalue weighted by Crippen LogP contribution is 2.25. The minimum atomic E-state index is -0.583. The van der Waals surface area contributed by atoms with Crippen LogP contribution in [0.1, 0.15) is 5.56 Å². The van der Waals surface area contributed by atoms with Gasteiger partial charge in [-0.1, -0.05) is 23.5 Å². The van der Waals surface area contributed by atoms with Crippen LogP contribution in [0, 0.1) is 21.4 Å². The summed E-state index contributed by atoms with van der Waals surface area (Å²) in [5.74, 6) is -0.583. The SMILES string of the molecule is N#C/C(=C\c1ccc([N+](=O)[O-])cc1)C(=O)Nc1nc2ccccc2s1. The van der Waals surface area contributed by atoms with Crippen molar-refractivity contribution in [1.82, 2.24) is 4.98 Å². The molecule has 0 spiro atoms. The number of rotatable bonds is 4. The molecular formula is C17H10N4O3S. The van der Waals surface area contributed by atoms with E-state index in [1.165, 1.54) is 41.7 Å². The number of amides is 1. The van der Waals surface area contributed by atoms with Crippen LogP contribution < -0.4 is 5.32 Å². The number of para-hydroxylation sites is 1. The number of nitro benzene ring substituents is 1. The van der Waals surface area contributed by atoms with Crippen LogP contribution in [0.5, 0.6) is 0 Å². The molecule has 1 N–H and O–H groups in total. The minimum absolute atomic E-state index is 0.0606. The fourth-order valence-corrected chi connectivity index (χ4v) is 2.96. The van der Waals surface area contributed by atoms with Crippen molar-refractivity contribution in [3.05, 3.63) is 69.8 Å². The van der Waals surface area contributed by atoms with Gasteiger partial charge in [-0.2, -0.15) is 5.26 Å². The van der Waals surface area contributed by atoms with E-state index in [0.717, 1.165) is 10.2 Å². The number of non-ortho nitro benzene ring substituents is 1. The molecule has 0 bridgehead atoms. The number of nitro groups is 1. The molecule has 0 fully saturated rings. The average Bonchev–Trinajstić information content (AvgIpc) is 3.02. The average molecular weight is 350 g/mol. The molecule has 8 heteroatoms. The number of aromatic nitrogens is 1. The molecular weight excluding hydrogens is 340 g/mol. The van der Waals surface area contributed by atoms with Gasteiger partial charge >= 0.3 is 0 Å².